The van der Waals surface area contributed by atoms with Crippen molar-refractivity contribution in [1.82, 2.24) is 0 Å². The minimum Gasteiger partial charge on any atom is -0.505 e. The van der Waals surface area contributed by atoms with Crippen LogP contribution in [-0.2, 0) is 0 Å². The zero-order valence-electron chi connectivity index (χ0n) is 9.95. The highest BCUT2D eigenvalue weighted by Gasteiger charge is 2.14. The molecule has 104 valence electrons. The molecule has 4 N–H and O–H groups in total. The van der Waals surface area contributed by atoms with Crippen molar-refractivity contribution in [2.45, 2.75) is 0 Å². The van der Waals surface area contributed by atoms with Crippen LogP contribution in [0.2, 0.25) is 10.0 Å². The van der Waals surface area contributed by atoms with Crippen LogP contribution in [0.3, 0.4) is 0 Å². The van der Waals surface area contributed by atoms with Crippen LogP contribution in [0.4, 0.5) is 15.8 Å². The monoisotopic (exact) mass is 314 g/mol. The number of nitrogen functional groups attached to an aromatic ring is 1. The topological polar surface area (TPSA) is 75.4 Å². The molecule has 0 aliphatic heterocycles. The molecule has 0 aromatic heterocycles. The molecule has 0 unspecified atom stereocenters. The van der Waals surface area contributed by atoms with Gasteiger partial charge in [-0.15, -0.1) is 0 Å². The summed E-state index contributed by atoms with van der Waals surface area (Å²) in [4.78, 5) is 11.9. The normalized spacial score (nSPS) is 10.3. The van der Waals surface area contributed by atoms with Crippen molar-refractivity contribution in [3.63, 3.8) is 0 Å². The van der Waals surface area contributed by atoms with Crippen LogP contribution in [-0.4, -0.2) is 11.0 Å². The predicted molar refractivity (Wildman–Crippen MR) is 76.9 cm³/mol. The maximum Gasteiger partial charge on any atom is 0.258 e. The Morgan fingerprint density at radius 3 is 2.35 bits per heavy atom. The number of aromatic hydroxyl groups is 1. The fraction of sp³-hybridized carbons (Fsp3) is 0. The zero-order valence-corrected chi connectivity index (χ0v) is 11.5. The smallest absolute Gasteiger partial charge is 0.258 e. The summed E-state index contributed by atoms with van der Waals surface area (Å²) in [5.41, 5.74) is 5.69. The molecule has 0 atom stereocenters. The van der Waals surface area contributed by atoms with E-state index in [1.807, 2.05) is 0 Å². The highest BCUT2D eigenvalue weighted by molar-refractivity contribution is 6.37. The zero-order chi connectivity index (χ0) is 14.9. The Labute approximate surface area is 123 Å². The summed E-state index contributed by atoms with van der Waals surface area (Å²) in [5, 5.41) is 11.8. The number of amides is 1. The van der Waals surface area contributed by atoms with Gasteiger partial charge in [0, 0.05) is 11.4 Å². The number of nitrogens with one attached hydrogen (secondary N) is 1. The van der Waals surface area contributed by atoms with Crippen LogP contribution >= 0.6 is 23.2 Å². The minimum atomic E-state index is -0.738. The quantitative estimate of drug-likeness (QED) is 0.584. The molecule has 0 aliphatic carbocycles. The van der Waals surface area contributed by atoms with Crippen LogP contribution in [0.25, 0.3) is 0 Å². The molecule has 20 heavy (non-hydrogen) atoms. The number of hydrogen-bond donors (Lipinski definition) is 3. The van der Waals surface area contributed by atoms with Gasteiger partial charge >= 0.3 is 0 Å². The van der Waals surface area contributed by atoms with Gasteiger partial charge in [0.25, 0.3) is 5.91 Å². The number of hydrogen-bond acceptors (Lipinski definition) is 3. The van der Waals surface area contributed by atoms with Gasteiger partial charge in [0.15, 0.2) is 5.75 Å². The Kier molecular flexibility index (Phi) is 4.01. The van der Waals surface area contributed by atoms with E-state index in [-0.39, 0.29) is 32.7 Å². The lowest BCUT2D eigenvalue weighted by molar-refractivity contribution is 0.102. The van der Waals surface area contributed by atoms with Gasteiger partial charge < -0.3 is 16.2 Å². The van der Waals surface area contributed by atoms with Crippen LogP contribution in [0.1, 0.15) is 10.4 Å². The molecule has 2 aromatic carbocycles. The van der Waals surface area contributed by atoms with Gasteiger partial charge in [0.05, 0.1) is 15.6 Å². The molecular weight excluding hydrogens is 306 g/mol. The number of carbonyl (C=O) groups excluding carboxylic acids is 1. The summed E-state index contributed by atoms with van der Waals surface area (Å²) >= 11 is 11.4. The summed E-state index contributed by atoms with van der Waals surface area (Å²) in [5.74, 6) is -1.70. The van der Waals surface area contributed by atoms with Gasteiger partial charge in [-0.3, -0.25) is 4.79 Å². The molecule has 0 aliphatic rings. The molecule has 0 radical (unpaired) electrons. The minimum absolute atomic E-state index is 0.0226. The first-order valence-electron chi connectivity index (χ1n) is 5.43. The Morgan fingerprint density at radius 2 is 1.80 bits per heavy atom. The summed E-state index contributed by atoms with van der Waals surface area (Å²) in [6, 6.07) is 6.33. The second-order valence-electron chi connectivity index (χ2n) is 3.98. The van der Waals surface area contributed by atoms with E-state index in [1.165, 1.54) is 24.3 Å². The molecule has 0 heterocycles. The fourth-order valence-corrected chi connectivity index (χ4v) is 2.04. The Morgan fingerprint density at radius 1 is 1.20 bits per heavy atom. The molecule has 0 fully saturated rings. The maximum atomic E-state index is 13.6. The van der Waals surface area contributed by atoms with Crippen molar-refractivity contribution < 1.29 is 14.3 Å². The molecular formula is C13H9Cl2FN2O2. The molecule has 0 saturated carbocycles. The van der Waals surface area contributed by atoms with Gasteiger partial charge in [-0.05, 0) is 30.3 Å². The van der Waals surface area contributed by atoms with E-state index >= 15 is 0 Å². The van der Waals surface area contributed by atoms with E-state index in [4.69, 9.17) is 28.9 Å². The van der Waals surface area contributed by atoms with E-state index in [1.54, 1.807) is 0 Å². The van der Waals surface area contributed by atoms with E-state index in [0.717, 1.165) is 6.07 Å². The summed E-state index contributed by atoms with van der Waals surface area (Å²) in [6.45, 7) is 0. The Hall–Kier alpha value is -1.98. The largest absolute Gasteiger partial charge is 0.505 e. The third kappa shape index (κ3) is 2.95. The lowest BCUT2D eigenvalue weighted by Gasteiger charge is -2.08. The van der Waals surface area contributed by atoms with Crippen LogP contribution in [0.15, 0.2) is 30.3 Å². The van der Waals surface area contributed by atoms with Crippen LogP contribution in [0, 0.1) is 5.82 Å². The van der Waals surface area contributed by atoms with Gasteiger partial charge in [-0.25, -0.2) is 4.39 Å². The average molecular weight is 315 g/mol. The van der Waals surface area contributed by atoms with E-state index in [2.05, 4.69) is 5.32 Å². The highest BCUT2D eigenvalue weighted by Crippen LogP contribution is 2.34. The summed E-state index contributed by atoms with van der Waals surface area (Å²) in [7, 11) is 0. The second-order valence-corrected chi connectivity index (χ2v) is 4.80. The first-order valence-corrected chi connectivity index (χ1v) is 6.18. The number of phenols is 1. The second kappa shape index (κ2) is 5.56. The number of nitrogens with two attached hydrogens (primary N) is 1. The molecule has 0 saturated heterocycles. The van der Waals surface area contributed by atoms with Crippen molar-refractivity contribution in [3.8, 4) is 5.75 Å². The number of phenolic OH excluding ortho intramolecular Hbond substituents is 1. The molecule has 7 heteroatoms. The van der Waals surface area contributed by atoms with E-state index in [9.17, 15) is 14.3 Å². The molecule has 4 nitrogen and oxygen atoms in total. The first-order chi connectivity index (χ1) is 9.38. The number of carbonyl (C=O) groups is 1. The lowest BCUT2D eigenvalue weighted by atomic mass is 10.1. The lowest BCUT2D eigenvalue weighted by Crippen LogP contribution is -2.14. The standard InChI is InChI=1S/C13H9Cl2FN2O2/c14-9-4-7(5-10(15)12(9)19)18-13(20)8-2-1-6(17)3-11(8)16/h1-5,19H,17H2,(H,18,20). The third-order valence-electron chi connectivity index (χ3n) is 2.51. The van der Waals surface area contributed by atoms with Crippen LogP contribution in [0.5, 0.6) is 5.75 Å². The SMILES string of the molecule is Nc1ccc(C(=O)Nc2cc(Cl)c(O)c(Cl)c2)c(F)c1. The van der Waals surface area contributed by atoms with Crippen molar-refractivity contribution in [3.05, 3.63) is 51.8 Å². The van der Waals surface area contributed by atoms with Crippen molar-refractivity contribution in [2.24, 2.45) is 0 Å². The van der Waals surface area contributed by atoms with Crippen molar-refractivity contribution >= 4 is 40.5 Å². The number of halogens is 3. The van der Waals surface area contributed by atoms with Gasteiger partial charge in [-0.2, -0.15) is 0 Å². The van der Waals surface area contributed by atoms with Crippen molar-refractivity contribution in [1.29, 1.82) is 0 Å². The van der Waals surface area contributed by atoms with Crippen LogP contribution < -0.4 is 11.1 Å². The number of benzene rings is 2. The highest BCUT2D eigenvalue weighted by atomic mass is 35.5. The molecule has 1 amide bonds. The van der Waals surface area contributed by atoms with Gasteiger partial charge in [-0.1, -0.05) is 23.2 Å². The molecule has 0 spiro atoms. The molecule has 2 aromatic rings. The Bertz CT molecular complexity index is 669. The maximum absolute atomic E-state index is 13.6. The molecule has 2 rings (SSSR count). The van der Waals surface area contributed by atoms with Crippen molar-refractivity contribution in [2.75, 3.05) is 11.1 Å². The Balaban J connectivity index is 2.28. The number of anilines is 2. The molecule has 0 bridgehead atoms. The summed E-state index contributed by atoms with van der Waals surface area (Å²) in [6.07, 6.45) is 0. The van der Waals surface area contributed by atoms with Gasteiger partial charge in [0.1, 0.15) is 5.82 Å². The summed E-state index contributed by atoms with van der Waals surface area (Å²) < 4.78 is 13.6. The fourth-order valence-electron chi connectivity index (χ4n) is 1.55. The first kappa shape index (κ1) is 14.4. The van der Waals surface area contributed by atoms with E-state index in [0.29, 0.717) is 0 Å². The average Bonchev–Trinajstić information content (AvgIpc) is 2.35. The van der Waals surface area contributed by atoms with E-state index < -0.39 is 11.7 Å². The van der Waals surface area contributed by atoms with Gasteiger partial charge in [0.2, 0.25) is 0 Å². The predicted octanol–water partition coefficient (Wildman–Crippen LogP) is 3.67. The third-order valence-corrected chi connectivity index (χ3v) is 3.09. The number of rotatable bonds is 2.